The fraction of sp³-hybridized carbons (Fsp3) is 0.452. The van der Waals surface area contributed by atoms with Crippen molar-refractivity contribution in [3.63, 3.8) is 0 Å². The first-order valence-electron chi connectivity index (χ1n) is 14.3. The summed E-state index contributed by atoms with van der Waals surface area (Å²) in [5.41, 5.74) is 9.21. The third-order valence-electron chi connectivity index (χ3n) is 8.54. The Kier molecular flexibility index (Phi) is 13.7. The number of nitrogens with zero attached hydrogens (tertiary/aromatic N) is 4. The van der Waals surface area contributed by atoms with Crippen LogP contribution in [0.3, 0.4) is 0 Å². The molecule has 5 heterocycles. The lowest BCUT2D eigenvalue weighted by Gasteiger charge is -2.37. The van der Waals surface area contributed by atoms with Gasteiger partial charge >= 0.3 is 0 Å². The zero-order valence-corrected chi connectivity index (χ0v) is 29.7. The Hall–Kier alpha value is -1.30. The van der Waals surface area contributed by atoms with E-state index in [1.165, 1.54) is 46.0 Å². The van der Waals surface area contributed by atoms with Gasteiger partial charge in [-0.05, 0) is 63.4 Å². The number of aryl methyl sites for hydroxylation is 1. The second kappa shape index (κ2) is 16.3. The van der Waals surface area contributed by atoms with Gasteiger partial charge in [0.05, 0.1) is 27.9 Å². The molecule has 0 amide bonds. The highest BCUT2D eigenvalue weighted by Gasteiger charge is 2.43. The quantitative estimate of drug-likeness (QED) is 0.162. The third-order valence-corrected chi connectivity index (χ3v) is 12.0. The van der Waals surface area contributed by atoms with Crippen LogP contribution < -0.4 is 5.32 Å². The molecular formula is C31H41Cl3N6S3. The fourth-order valence-corrected chi connectivity index (χ4v) is 9.94. The molecule has 0 aliphatic carbocycles. The van der Waals surface area contributed by atoms with E-state index >= 15 is 0 Å². The van der Waals surface area contributed by atoms with Crippen molar-refractivity contribution in [1.82, 2.24) is 30.2 Å². The molecule has 2 unspecified atom stereocenters. The smallest absolute Gasteiger partial charge is 0.166 e. The number of pyridine rings is 1. The number of benzene rings is 1. The molecule has 0 spiro atoms. The van der Waals surface area contributed by atoms with Crippen LogP contribution in [0.2, 0.25) is 0 Å². The van der Waals surface area contributed by atoms with Crippen molar-refractivity contribution >= 4 is 88.0 Å². The van der Waals surface area contributed by atoms with Crippen LogP contribution in [0.4, 0.5) is 0 Å². The number of aromatic nitrogens is 4. The van der Waals surface area contributed by atoms with Crippen molar-refractivity contribution in [1.29, 1.82) is 0 Å². The minimum atomic E-state index is 0. The fourth-order valence-electron chi connectivity index (χ4n) is 6.26. The Morgan fingerprint density at radius 1 is 1.09 bits per heavy atom. The maximum Gasteiger partial charge on any atom is 0.166 e. The predicted octanol–water partition coefficient (Wildman–Crippen LogP) is 8.16. The number of aromatic amines is 1. The number of imidazole rings is 1. The predicted molar refractivity (Wildman–Crippen MR) is 193 cm³/mol. The van der Waals surface area contributed by atoms with Gasteiger partial charge in [-0.1, -0.05) is 36.9 Å². The summed E-state index contributed by atoms with van der Waals surface area (Å²) in [6.07, 6.45) is 5.48. The standard InChI is InChI=1S/C31H38N6S3.3ClH/c1-4-23-17-32-14-16-37(23)15-8-12-31(29-22(3)34-20-40-29)19-39-28(21(31)2)24-9-7-13-33-27(24)18-38-30-35-25-10-5-6-11-26(25)36-30;;;/h5-7,9-11,13,20,23,32H,4,8,12,14-19H2,1-3H3,(H,35,36);3*1H. The van der Waals surface area contributed by atoms with Gasteiger partial charge in [0, 0.05) is 64.1 Å². The van der Waals surface area contributed by atoms with E-state index in [-0.39, 0.29) is 42.6 Å². The number of H-pyrrole nitrogens is 1. The topological polar surface area (TPSA) is 69.7 Å². The first kappa shape index (κ1) is 36.2. The van der Waals surface area contributed by atoms with Crippen molar-refractivity contribution < 1.29 is 0 Å². The van der Waals surface area contributed by atoms with Crippen LogP contribution in [0.1, 0.15) is 54.9 Å². The molecule has 2 aliphatic heterocycles. The molecule has 6 nitrogen and oxygen atoms in total. The van der Waals surface area contributed by atoms with E-state index < -0.39 is 0 Å². The maximum atomic E-state index is 4.86. The van der Waals surface area contributed by atoms with Gasteiger partial charge in [-0.25, -0.2) is 9.97 Å². The van der Waals surface area contributed by atoms with Crippen LogP contribution in [0.15, 0.2) is 58.8 Å². The Morgan fingerprint density at radius 2 is 1.93 bits per heavy atom. The summed E-state index contributed by atoms with van der Waals surface area (Å²) in [6, 6.07) is 13.2. The van der Waals surface area contributed by atoms with E-state index in [9.17, 15) is 0 Å². The Bertz CT molecular complexity index is 1480. The molecule has 12 heteroatoms. The van der Waals surface area contributed by atoms with E-state index in [2.05, 4.69) is 60.2 Å². The van der Waals surface area contributed by atoms with Gasteiger partial charge in [-0.15, -0.1) is 60.3 Å². The molecule has 2 aliphatic rings. The highest BCUT2D eigenvalue weighted by molar-refractivity contribution is 8.08. The third kappa shape index (κ3) is 7.58. The molecule has 43 heavy (non-hydrogen) atoms. The van der Waals surface area contributed by atoms with E-state index in [1.54, 1.807) is 11.8 Å². The lowest BCUT2D eigenvalue weighted by atomic mass is 9.76. The number of allylic oxidation sites excluding steroid dienone is 1. The molecule has 0 radical (unpaired) electrons. The number of thiazole rings is 1. The molecule has 6 rings (SSSR count). The Balaban J connectivity index is 0.00000169. The van der Waals surface area contributed by atoms with Gasteiger partial charge in [0.2, 0.25) is 0 Å². The van der Waals surface area contributed by atoms with Crippen molar-refractivity contribution in [2.45, 2.75) is 62.4 Å². The molecule has 1 aromatic carbocycles. The summed E-state index contributed by atoms with van der Waals surface area (Å²) in [6.45, 7) is 11.4. The number of hydrogen-bond donors (Lipinski definition) is 2. The number of hydrogen-bond acceptors (Lipinski definition) is 8. The molecule has 3 aromatic heterocycles. The summed E-state index contributed by atoms with van der Waals surface area (Å²) in [5.74, 6) is 1.85. The average Bonchev–Trinajstić information content (AvgIpc) is 3.69. The minimum absolute atomic E-state index is 0. The van der Waals surface area contributed by atoms with E-state index in [1.807, 2.05) is 46.9 Å². The van der Waals surface area contributed by atoms with E-state index in [4.69, 9.17) is 15.0 Å². The molecule has 1 saturated heterocycles. The largest absolute Gasteiger partial charge is 0.333 e. The zero-order valence-electron chi connectivity index (χ0n) is 24.8. The number of fused-ring (bicyclic) bond motifs is 1. The van der Waals surface area contributed by atoms with Gasteiger partial charge < -0.3 is 10.3 Å². The van der Waals surface area contributed by atoms with Gasteiger partial charge in [0.25, 0.3) is 0 Å². The average molecular weight is 700 g/mol. The SMILES string of the molecule is CCC1CNCCN1CCCC1(c2scnc2C)CSC(c2cccnc2CSc2nc3ccccc3[nH]2)=C1C.Cl.Cl.Cl. The molecule has 0 saturated carbocycles. The van der Waals surface area contributed by atoms with Crippen LogP contribution in [-0.4, -0.2) is 62.8 Å². The van der Waals surface area contributed by atoms with Crippen LogP contribution in [0.25, 0.3) is 15.9 Å². The van der Waals surface area contributed by atoms with Crippen molar-refractivity contribution in [3.8, 4) is 0 Å². The molecular weight excluding hydrogens is 659 g/mol. The second-order valence-electron chi connectivity index (χ2n) is 10.8. The number of nitrogens with one attached hydrogen (secondary N) is 2. The maximum absolute atomic E-state index is 4.86. The number of piperazine rings is 1. The molecule has 234 valence electrons. The van der Waals surface area contributed by atoms with Crippen LogP contribution in [0.5, 0.6) is 0 Å². The van der Waals surface area contributed by atoms with E-state index in [0.717, 1.165) is 59.4 Å². The van der Waals surface area contributed by atoms with E-state index in [0.29, 0.717) is 6.04 Å². The van der Waals surface area contributed by atoms with Crippen molar-refractivity contribution in [3.05, 3.63) is 75.5 Å². The van der Waals surface area contributed by atoms with Gasteiger partial charge in [0.1, 0.15) is 0 Å². The first-order chi connectivity index (χ1) is 19.6. The van der Waals surface area contributed by atoms with Gasteiger partial charge in [-0.3, -0.25) is 9.88 Å². The summed E-state index contributed by atoms with van der Waals surface area (Å²) in [5, 5.41) is 4.52. The number of rotatable bonds is 10. The Labute approximate surface area is 286 Å². The summed E-state index contributed by atoms with van der Waals surface area (Å²) in [4.78, 5) is 23.3. The summed E-state index contributed by atoms with van der Waals surface area (Å²) < 4.78 is 0. The van der Waals surface area contributed by atoms with Crippen LogP contribution >= 0.6 is 72.1 Å². The lowest BCUT2D eigenvalue weighted by Crippen LogP contribution is -2.51. The zero-order chi connectivity index (χ0) is 27.5. The highest BCUT2D eigenvalue weighted by atomic mass is 35.5. The first-order valence-corrected chi connectivity index (χ1v) is 17.2. The highest BCUT2D eigenvalue weighted by Crippen LogP contribution is 2.55. The monoisotopic (exact) mass is 698 g/mol. The van der Waals surface area contributed by atoms with Crippen molar-refractivity contribution in [2.24, 2.45) is 0 Å². The number of halogens is 3. The van der Waals surface area contributed by atoms with Gasteiger partial charge in [-0.2, -0.15) is 0 Å². The van der Waals surface area contributed by atoms with Crippen LogP contribution in [-0.2, 0) is 11.2 Å². The molecule has 0 bridgehead atoms. The lowest BCUT2D eigenvalue weighted by molar-refractivity contribution is 0.152. The van der Waals surface area contributed by atoms with Crippen LogP contribution in [0, 0.1) is 6.92 Å². The molecule has 4 aromatic rings. The normalized spacial score (nSPS) is 20.5. The minimum Gasteiger partial charge on any atom is -0.333 e. The Morgan fingerprint density at radius 3 is 2.70 bits per heavy atom. The molecule has 2 atom stereocenters. The number of para-hydroxylation sites is 2. The molecule has 1 fully saturated rings. The van der Waals surface area contributed by atoms with Crippen molar-refractivity contribution in [2.75, 3.05) is 31.9 Å². The number of thioether (sulfide) groups is 2. The van der Waals surface area contributed by atoms with Gasteiger partial charge in [0.15, 0.2) is 5.16 Å². The second-order valence-corrected chi connectivity index (χ2v) is 13.6. The summed E-state index contributed by atoms with van der Waals surface area (Å²) >= 11 is 5.57. The molecule has 2 N–H and O–H groups in total. The summed E-state index contributed by atoms with van der Waals surface area (Å²) in [7, 11) is 0.